The fourth-order valence-electron chi connectivity index (χ4n) is 1.75. The van der Waals surface area contributed by atoms with Crippen molar-refractivity contribution < 1.29 is 14.5 Å². The number of amides is 2. The minimum Gasteiger partial charge on any atom is -0.364 e. The van der Waals surface area contributed by atoms with Gasteiger partial charge in [-0.3, -0.25) is 19.7 Å². The summed E-state index contributed by atoms with van der Waals surface area (Å²) in [5.41, 5.74) is 6.08. The van der Waals surface area contributed by atoms with Crippen LogP contribution in [-0.4, -0.2) is 21.7 Å². The van der Waals surface area contributed by atoms with Gasteiger partial charge in [-0.05, 0) is 19.1 Å². The van der Waals surface area contributed by atoms with Crippen molar-refractivity contribution >= 4 is 23.2 Å². The third-order valence-electron chi connectivity index (χ3n) is 2.87. The SMILES string of the molecule is Cc1ccc(NC(=O)c2c[nH]c(C(N)=O)c2)cc1[N+](=O)[O-]. The second kappa shape index (κ2) is 5.45. The Morgan fingerprint density at radius 2 is 2.05 bits per heavy atom. The lowest BCUT2D eigenvalue weighted by molar-refractivity contribution is -0.385. The molecule has 0 saturated heterocycles. The van der Waals surface area contributed by atoms with E-state index in [-0.39, 0.29) is 16.9 Å². The van der Waals surface area contributed by atoms with E-state index in [4.69, 9.17) is 5.73 Å². The van der Waals surface area contributed by atoms with Gasteiger partial charge in [0.1, 0.15) is 5.69 Å². The monoisotopic (exact) mass is 288 g/mol. The van der Waals surface area contributed by atoms with Gasteiger partial charge in [-0.25, -0.2) is 0 Å². The summed E-state index contributed by atoms with van der Waals surface area (Å²) >= 11 is 0. The van der Waals surface area contributed by atoms with Gasteiger partial charge in [-0.1, -0.05) is 6.07 Å². The predicted molar refractivity (Wildman–Crippen MR) is 75.1 cm³/mol. The van der Waals surface area contributed by atoms with Gasteiger partial charge in [0.15, 0.2) is 0 Å². The van der Waals surface area contributed by atoms with E-state index in [9.17, 15) is 19.7 Å². The van der Waals surface area contributed by atoms with Crippen molar-refractivity contribution in [3.8, 4) is 0 Å². The van der Waals surface area contributed by atoms with Crippen molar-refractivity contribution in [1.29, 1.82) is 0 Å². The van der Waals surface area contributed by atoms with Crippen LogP contribution in [0.4, 0.5) is 11.4 Å². The average Bonchev–Trinajstić information content (AvgIpc) is 2.90. The first kappa shape index (κ1) is 14.3. The van der Waals surface area contributed by atoms with E-state index in [0.29, 0.717) is 11.3 Å². The van der Waals surface area contributed by atoms with E-state index >= 15 is 0 Å². The third-order valence-corrected chi connectivity index (χ3v) is 2.87. The van der Waals surface area contributed by atoms with Crippen molar-refractivity contribution in [2.75, 3.05) is 5.32 Å². The maximum absolute atomic E-state index is 12.0. The first-order chi connectivity index (χ1) is 9.88. The van der Waals surface area contributed by atoms with Crippen LogP contribution in [0.3, 0.4) is 0 Å². The lowest BCUT2D eigenvalue weighted by Crippen LogP contribution is -2.12. The second-order valence-electron chi connectivity index (χ2n) is 4.38. The van der Waals surface area contributed by atoms with Crippen LogP contribution in [0.5, 0.6) is 0 Å². The number of H-pyrrole nitrogens is 1. The van der Waals surface area contributed by atoms with Crippen molar-refractivity contribution in [3.05, 3.63) is 57.4 Å². The number of aryl methyl sites for hydroxylation is 1. The number of carbonyl (C=O) groups excluding carboxylic acids is 2. The number of nitro benzene ring substituents is 1. The smallest absolute Gasteiger partial charge is 0.274 e. The summed E-state index contributed by atoms with van der Waals surface area (Å²) in [6.07, 6.45) is 1.33. The molecule has 0 aliphatic carbocycles. The summed E-state index contributed by atoms with van der Waals surface area (Å²) in [5.74, 6) is -1.18. The summed E-state index contributed by atoms with van der Waals surface area (Å²) < 4.78 is 0. The largest absolute Gasteiger partial charge is 0.364 e. The molecule has 1 aromatic heterocycles. The molecule has 0 unspecified atom stereocenters. The van der Waals surface area contributed by atoms with Crippen LogP contribution in [0.2, 0.25) is 0 Å². The normalized spacial score (nSPS) is 10.1. The molecule has 8 heteroatoms. The predicted octanol–water partition coefficient (Wildman–Crippen LogP) is 1.58. The van der Waals surface area contributed by atoms with Gasteiger partial charge >= 0.3 is 0 Å². The van der Waals surface area contributed by atoms with E-state index < -0.39 is 16.7 Å². The fourth-order valence-corrected chi connectivity index (χ4v) is 1.75. The van der Waals surface area contributed by atoms with Gasteiger partial charge in [0, 0.05) is 23.5 Å². The van der Waals surface area contributed by atoms with Crippen LogP contribution in [0.15, 0.2) is 30.5 Å². The number of primary amides is 1. The number of hydrogen-bond acceptors (Lipinski definition) is 4. The zero-order valence-electron chi connectivity index (χ0n) is 11.0. The zero-order chi connectivity index (χ0) is 15.6. The number of carbonyl (C=O) groups is 2. The second-order valence-corrected chi connectivity index (χ2v) is 4.38. The van der Waals surface area contributed by atoms with E-state index in [1.165, 1.54) is 18.3 Å². The highest BCUT2D eigenvalue weighted by atomic mass is 16.6. The molecule has 0 atom stereocenters. The topological polar surface area (TPSA) is 131 Å². The summed E-state index contributed by atoms with van der Waals surface area (Å²) in [5, 5.41) is 13.4. The summed E-state index contributed by atoms with van der Waals surface area (Å²) in [4.78, 5) is 35.8. The van der Waals surface area contributed by atoms with Crippen molar-refractivity contribution in [3.63, 3.8) is 0 Å². The molecule has 2 aromatic rings. The third kappa shape index (κ3) is 3.06. The molecule has 0 spiro atoms. The van der Waals surface area contributed by atoms with E-state index in [1.807, 2.05) is 0 Å². The Morgan fingerprint density at radius 3 is 2.62 bits per heavy atom. The maximum atomic E-state index is 12.0. The van der Waals surface area contributed by atoms with Gasteiger partial charge in [-0.15, -0.1) is 0 Å². The van der Waals surface area contributed by atoms with Crippen molar-refractivity contribution in [2.45, 2.75) is 6.92 Å². The van der Waals surface area contributed by atoms with Crippen LogP contribution in [0.1, 0.15) is 26.4 Å². The maximum Gasteiger partial charge on any atom is 0.274 e. The molecule has 21 heavy (non-hydrogen) atoms. The molecule has 1 heterocycles. The Labute approximate surface area is 119 Å². The van der Waals surface area contributed by atoms with Crippen LogP contribution in [-0.2, 0) is 0 Å². The van der Waals surface area contributed by atoms with Gasteiger partial charge in [0.05, 0.1) is 10.5 Å². The summed E-state index contributed by atoms with van der Waals surface area (Å²) in [7, 11) is 0. The van der Waals surface area contributed by atoms with Gasteiger partial charge in [-0.2, -0.15) is 0 Å². The van der Waals surface area contributed by atoms with Crippen molar-refractivity contribution in [1.82, 2.24) is 4.98 Å². The molecule has 1 aromatic carbocycles. The number of hydrogen-bond donors (Lipinski definition) is 3. The number of benzene rings is 1. The van der Waals surface area contributed by atoms with Crippen LogP contribution in [0, 0.1) is 17.0 Å². The minimum atomic E-state index is -0.681. The van der Waals surface area contributed by atoms with Crippen LogP contribution in [0.25, 0.3) is 0 Å². The molecule has 2 rings (SSSR count). The summed E-state index contributed by atoms with van der Waals surface area (Å²) in [6.45, 7) is 1.61. The Kier molecular flexibility index (Phi) is 3.70. The number of nitrogens with zero attached hydrogens (tertiary/aromatic N) is 1. The number of aromatic nitrogens is 1. The molecule has 0 fully saturated rings. The highest BCUT2D eigenvalue weighted by molar-refractivity contribution is 6.06. The first-order valence-corrected chi connectivity index (χ1v) is 5.93. The molecule has 0 aliphatic rings. The summed E-state index contributed by atoms with van der Waals surface area (Å²) in [6, 6.07) is 5.68. The molecule has 108 valence electrons. The van der Waals surface area contributed by atoms with E-state index in [1.54, 1.807) is 19.1 Å². The van der Waals surface area contributed by atoms with Crippen LogP contribution < -0.4 is 11.1 Å². The molecule has 0 radical (unpaired) electrons. The molecule has 0 saturated carbocycles. The number of aromatic amines is 1. The van der Waals surface area contributed by atoms with Gasteiger partial charge in [0.25, 0.3) is 17.5 Å². The van der Waals surface area contributed by atoms with E-state index in [0.717, 1.165) is 0 Å². The number of rotatable bonds is 4. The van der Waals surface area contributed by atoms with Gasteiger partial charge < -0.3 is 16.0 Å². The fraction of sp³-hybridized carbons (Fsp3) is 0.0769. The molecule has 0 aliphatic heterocycles. The number of nitro groups is 1. The molecular formula is C13H12N4O4. The highest BCUT2D eigenvalue weighted by Crippen LogP contribution is 2.22. The quantitative estimate of drug-likeness (QED) is 0.582. The molecular weight excluding hydrogens is 276 g/mol. The lowest BCUT2D eigenvalue weighted by Gasteiger charge is -2.04. The zero-order valence-corrected chi connectivity index (χ0v) is 11.0. The molecule has 0 bridgehead atoms. The number of anilines is 1. The number of nitrogens with two attached hydrogens (primary N) is 1. The Morgan fingerprint density at radius 1 is 1.33 bits per heavy atom. The highest BCUT2D eigenvalue weighted by Gasteiger charge is 2.14. The Hall–Kier alpha value is -3.16. The van der Waals surface area contributed by atoms with Crippen molar-refractivity contribution in [2.24, 2.45) is 5.73 Å². The first-order valence-electron chi connectivity index (χ1n) is 5.93. The number of nitrogens with one attached hydrogen (secondary N) is 2. The Balaban J connectivity index is 2.21. The van der Waals surface area contributed by atoms with E-state index in [2.05, 4.69) is 10.3 Å². The molecule has 2 amide bonds. The standard InChI is InChI=1S/C13H12N4O4/c1-7-2-3-9(5-11(7)17(20)21)16-13(19)8-4-10(12(14)18)15-6-8/h2-6,15H,1H3,(H2,14,18)(H,16,19). The molecule has 4 N–H and O–H groups in total. The lowest BCUT2D eigenvalue weighted by atomic mass is 10.2. The van der Waals surface area contributed by atoms with Crippen LogP contribution >= 0.6 is 0 Å². The average molecular weight is 288 g/mol. The van der Waals surface area contributed by atoms with Gasteiger partial charge in [0.2, 0.25) is 0 Å². The molecule has 8 nitrogen and oxygen atoms in total. The minimum absolute atomic E-state index is 0.0836. The Bertz CT molecular complexity index is 736.